The SMILES string of the molecule is O=C(NC1CC(C(=O)O)C1)c1ccc2ccc(Cl)cc2n1. The van der Waals surface area contributed by atoms with Crippen LogP contribution in [0, 0.1) is 5.92 Å². The molecule has 0 saturated heterocycles. The van der Waals surface area contributed by atoms with Gasteiger partial charge < -0.3 is 10.4 Å². The van der Waals surface area contributed by atoms with E-state index in [1.165, 1.54) is 0 Å². The zero-order chi connectivity index (χ0) is 15.0. The summed E-state index contributed by atoms with van der Waals surface area (Å²) >= 11 is 5.92. The first-order valence-electron chi connectivity index (χ1n) is 6.63. The average molecular weight is 305 g/mol. The molecule has 0 spiro atoms. The minimum Gasteiger partial charge on any atom is -0.481 e. The lowest BCUT2D eigenvalue weighted by molar-refractivity contribution is -0.145. The lowest BCUT2D eigenvalue weighted by atomic mass is 9.80. The summed E-state index contributed by atoms with van der Waals surface area (Å²) in [6.07, 6.45) is 0.945. The molecule has 0 radical (unpaired) electrons. The average Bonchev–Trinajstić information content (AvgIpc) is 2.40. The fourth-order valence-corrected chi connectivity index (χ4v) is 2.58. The van der Waals surface area contributed by atoms with E-state index in [4.69, 9.17) is 16.7 Å². The summed E-state index contributed by atoms with van der Waals surface area (Å²) in [5.74, 6) is -1.44. The van der Waals surface area contributed by atoms with Gasteiger partial charge in [0.15, 0.2) is 0 Å². The summed E-state index contributed by atoms with van der Waals surface area (Å²) < 4.78 is 0. The number of benzene rings is 1. The maximum Gasteiger partial charge on any atom is 0.306 e. The third-order valence-corrected chi connectivity index (χ3v) is 3.94. The van der Waals surface area contributed by atoms with Crippen LogP contribution in [-0.4, -0.2) is 28.0 Å². The van der Waals surface area contributed by atoms with Gasteiger partial charge >= 0.3 is 5.97 Å². The van der Waals surface area contributed by atoms with Crippen molar-refractivity contribution < 1.29 is 14.7 Å². The number of carboxylic acids is 1. The summed E-state index contributed by atoms with van der Waals surface area (Å²) in [4.78, 5) is 27.1. The van der Waals surface area contributed by atoms with E-state index in [1.807, 2.05) is 12.1 Å². The summed E-state index contributed by atoms with van der Waals surface area (Å²) in [7, 11) is 0. The highest BCUT2D eigenvalue weighted by molar-refractivity contribution is 6.31. The Morgan fingerprint density at radius 1 is 1.24 bits per heavy atom. The molecule has 1 aromatic carbocycles. The molecular weight excluding hydrogens is 292 g/mol. The van der Waals surface area contributed by atoms with Crippen LogP contribution in [0.3, 0.4) is 0 Å². The number of amides is 1. The number of nitrogens with zero attached hydrogens (tertiary/aromatic N) is 1. The van der Waals surface area contributed by atoms with Gasteiger partial charge in [0.25, 0.3) is 5.91 Å². The summed E-state index contributed by atoms with van der Waals surface area (Å²) in [6.45, 7) is 0. The molecule has 1 amide bonds. The van der Waals surface area contributed by atoms with E-state index in [2.05, 4.69) is 10.3 Å². The van der Waals surface area contributed by atoms with E-state index in [9.17, 15) is 9.59 Å². The molecule has 1 aliphatic rings. The minimum atomic E-state index is -0.807. The van der Waals surface area contributed by atoms with Gasteiger partial charge in [0.05, 0.1) is 11.4 Å². The van der Waals surface area contributed by atoms with Gasteiger partial charge in [0, 0.05) is 16.5 Å². The number of fused-ring (bicyclic) bond motifs is 1. The normalized spacial score (nSPS) is 20.8. The van der Waals surface area contributed by atoms with Gasteiger partial charge in [-0.25, -0.2) is 4.98 Å². The predicted molar refractivity (Wildman–Crippen MR) is 78.4 cm³/mol. The monoisotopic (exact) mass is 304 g/mol. The standard InChI is InChI=1S/C15H13ClN2O3/c16-10-3-1-8-2-4-12(18-13(8)7-10)14(19)17-11-5-9(6-11)15(20)21/h1-4,7,9,11H,5-6H2,(H,17,19)(H,20,21). The van der Waals surface area contributed by atoms with E-state index in [0.29, 0.717) is 29.1 Å². The zero-order valence-electron chi connectivity index (χ0n) is 11.0. The Balaban J connectivity index is 1.72. The van der Waals surface area contributed by atoms with Crippen LogP contribution in [0.15, 0.2) is 30.3 Å². The molecule has 21 heavy (non-hydrogen) atoms. The molecule has 0 aliphatic heterocycles. The van der Waals surface area contributed by atoms with Gasteiger partial charge in [0.1, 0.15) is 5.69 Å². The molecule has 5 nitrogen and oxygen atoms in total. The second-order valence-corrected chi connectivity index (χ2v) is 5.65. The highest BCUT2D eigenvalue weighted by Gasteiger charge is 2.35. The first-order valence-corrected chi connectivity index (χ1v) is 7.01. The van der Waals surface area contributed by atoms with Gasteiger partial charge in [-0.1, -0.05) is 23.7 Å². The van der Waals surface area contributed by atoms with Crippen LogP contribution in [0.5, 0.6) is 0 Å². The summed E-state index contributed by atoms with van der Waals surface area (Å²) in [6, 6.07) is 8.70. The van der Waals surface area contributed by atoms with E-state index in [0.717, 1.165) is 5.39 Å². The Labute approximate surface area is 125 Å². The number of aromatic nitrogens is 1. The van der Waals surface area contributed by atoms with Crippen molar-refractivity contribution in [2.75, 3.05) is 0 Å². The molecular formula is C15H13ClN2O3. The maximum absolute atomic E-state index is 12.1. The van der Waals surface area contributed by atoms with Gasteiger partial charge in [0.2, 0.25) is 0 Å². The predicted octanol–water partition coefficient (Wildman–Crippen LogP) is 2.48. The smallest absolute Gasteiger partial charge is 0.306 e. The molecule has 1 fully saturated rings. The lowest BCUT2D eigenvalue weighted by Gasteiger charge is -2.32. The zero-order valence-corrected chi connectivity index (χ0v) is 11.8. The number of pyridine rings is 1. The highest BCUT2D eigenvalue weighted by atomic mass is 35.5. The summed E-state index contributed by atoms with van der Waals surface area (Å²) in [5.41, 5.74) is 0.968. The Morgan fingerprint density at radius 3 is 2.67 bits per heavy atom. The topological polar surface area (TPSA) is 79.3 Å². The number of hydrogen-bond donors (Lipinski definition) is 2. The number of carbonyl (C=O) groups excluding carboxylic acids is 1. The van der Waals surface area contributed by atoms with Crippen LogP contribution < -0.4 is 5.32 Å². The van der Waals surface area contributed by atoms with Crippen molar-refractivity contribution in [2.45, 2.75) is 18.9 Å². The maximum atomic E-state index is 12.1. The molecule has 3 rings (SSSR count). The fourth-order valence-electron chi connectivity index (χ4n) is 2.41. The molecule has 2 aromatic rings. The van der Waals surface area contributed by atoms with E-state index >= 15 is 0 Å². The van der Waals surface area contributed by atoms with Gasteiger partial charge in [-0.05, 0) is 31.0 Å². The molecule has 0 unspecified atom stereocenters. The van der Waals surface area contributed by atoms with Crippen LogP contribution in [0.4, 0.5) is 0 Å². The van der Waals surface area contributed by atoms with Crippen molar-refractivity contribution in [3.63, 3.8) is 0 Å². The molecule has 6 heteroatoms. The molecule has 108 valence electrons. The van der Waals surface area contributed by atoms with Crippen LogP contribution in [-0.2, 0) is 4.79 Å². The number of carbonyl (C=O) groups is 2. The van der Waals surface area contributed by atoms with Crippen molar-refractivity contribution in [3.8, 4) is 0 Å². The van der Waals surface area contributed by atoms with Gasteiger partial charge in [-0.2, -0.15) is 0 Å². The van der Waals surface area contributed by atoms with E-state index < -0.39 is 5.97 Å². The second-order valence-electron chi connectivity index (χ2n) is 5.21. The lowest BCUT2D eigenvalue weighted by Crippen LogP contribution is -2.46. The van der Waals surface area contributed by atoms with Crippen molar-refractivity contribution in [1.29, 1.82) is 0 Å². The number of carboxylic acid groups (broad SMARTS) is 1. The van der Waals surface area contributed by atoms with Crippen molar-refractivity contribution in [3.05, 3.63) is 41.0 Å². The van der Waals surface area contributed by atoms with E-state index in [1.54, 1.807) is 18.2 Å². The highest BCUT2D eigenvalue weighted by Crippen LogP contribution is 2.27. The van der Waals surface area contributed by atoms with Crippen molar-refractivity contribution >= 4 is 34.4 Å². The quantitative estimate of drug-likeness (QED) is 0.913. The molecule has 1 aromatic heterocycles. The first-order chi connectivity index (χ1) is 10.0. The Kier molecular flexibility index (Phi) is 3.51. The number of aliphatic carboxylic acids is 1. The molecule has 1 heterocycles. The Bertz CT molecular complexity index is 726. The molecule has 1 aliphatic carbocycles. The third-order valence-electron chi connectivity index (χ3n) is 3.71. The second kappa shape index (κ2) is 5.33. The summed E-state index contributed by atoms with van der Waals surface area (Å²) in [5, 5.41) is 13.1. The molecule has 1 saturated carbocycles. The largest absolute Gasteiger partial charge is 0.481 e. The Hall–Kier alpha value is -2.14. The molecule has 0 bridgehead atoms. The van der Waals surface area contributed by atoms with Gasteiger partial charge in [-0.3, -0.25) is 9.59 Å². The number of nitrogens with one attached hydrogen (secondary N) is 1. The fraction of sp³-hybridized carbons (Fsp3) is 0.267. The number of halogens is 1. The van der Waals surface area contributed by atoms with Crippen molar-refractivity contribution in [2.24, 2.45) is 5.92 Å². The molecule has 2 N–H and O–H groups in total. The number of hydrogen-bond acceptors (Lipinski definition) is 3. The van der Waals surface area contributed by atoms with Crippen LogP contribution in [0.2, 0.25) is 5.02 Å². The van der Waals surface area contributed by atoms with E-state index in [-0.39, 0.29) is 17.9 Å². The van der Waals surface area contributed by atoms with Crippen LogP contribution in [0.1, 0.15) is 23.3 Å². The Morgan fingerprint density at radius 2 is 1.95 bits per heavy atom. The first kappa shape index (κ1) is 13.8. The minimum absolute atomic E-state index is 0.0875. The van der Waals surface area contributed by atoms with Crippen molar-refractivity contribution in [1.82, 2.24) is 10.3 Å². The van der Waals surface area contributed by atoms with Crippen LogP contribution in [0.25, 0.3) is 10.9 Å². The van der Waals surface area contributed by atoms with Gasteiger partial charge in [-0.15, -0.1) is 0 Å². The third kappa shape index (κ3) is 2.83. The number of rotatable bonds is 3. The molecule has 0 atom stereocenters. The van der Waals surface area contributed by atoms with Crippen LogP contribution >= 0.6 is 11.6 Å².